The fraction of sp³-hybridized carbons (Fsp3) is 0.269. The van der Waals surface area contributed by atoms with Crippen LogP contribution in [0.25, 0.3) is 0 Å². The summed E-state index contributed by atoms with van der Waals surface area (Å²) in [6.07, 6.45) is 1.57. The van der Waals surface area contributed by atoms with E-state index in [2.05, 4.69) is 17.0 Å². The van der Waals surface area contributed by atoms with E-state index in [-0.39, 0.29) is 5.91 Å². The molecule has 0 atom stereocenters. The van der Waals surface area contributed by atoms with Gasteiger partial charge in [-0.3, -0.25) is 4.79 Å². The van der Waals surface area contributed by atoms with Crippen LogP contribution in [0.15, 0.2) is 83.8 Å². The Bertz CT molecular complexity index is 1240. The Labute approximate surface area is 195 Å². The number of carbonyl (C=O) groups is 1. The topological polar surface area (TPSA) is 60.9 Å². The molecule has 2 aliphatic rings. The average molecular weight is 462 g/mol. The Morgan fingerprint density at radius 3 is 2.12 bits per heavy atom. The molecule has 0 unspecified atom stereocenters. The Kier molecular flexibility index (Phi) is 5.91. The third-order valence-electron chi connectivity index (χ3n) is 6.43. The lowest BCUT2D eigenvalue weighted by molar-refractivity contribution is 0.0985. The van der Waals surface area contributed by atoms with E-state index in [4.69, 9.17) is 0 Å². The van der Waals surface area contributed by atoms with E-state index < -0.39 is 10.0 Å². The molecule has 33 heavy (non-hydrogen) atoms. The number of anilines is 2. The van der Waals surface area contributed by atoms with Crippen molar-refractivity contribution in [3.8, 4) is 0 Å². The number of piperazine rings is 1. The first-order chi connectivity index (χ1) is 16.0. The lowest BCUT2D eigenvalue weighted by Crippen LogP contribution is -2.48. The van der Waals surface area contributed by atoms with E-state index in [1.54, 1.807) is 27.4 Å². The SMILES string of the molecule is O=C(c1ccccc1)N1CCCc2cc(S(=O)(=O)N3CCN(c4ccccc4)CC3)ccc21. The normalized spacial score (nSPS) is 17.0. The molecule has 6 nitrogen and oxygen atoms in total. The number of aryl methyl sites for hydroxylation is 1. The first-order valence-electron chi connectivity index (χ1n) is 11.3. The molecule has 1 fully saturated rings. The van der Waals surface area contributed by atoms with Crippen LogP contribution in [-0.4, -0.2) is 51.4 Å². The summed E-state index contributed by atoms with van der Waals surface area (Å²) in [5, 5.41) is 0. The fourth-order valence-corrected chi connectivity index (χ4v) is 6.13. The predicted octanol–water partition coefficient (Wildman–Crippen LogP) is 3.79. The number of hydrogen-bond acceptors (Lipinski definition) is 4. The molecular formula is C26H27N3O3S. The molecular weight excluding hydrogens is 434 g/mol. The number of sulfonamides is 1. The third-order valence-corrected chi connectivity index (χ3v) is 8.33. The zero-order valence-electron chi connectivity index (χ0n) is 18.4. The standard InChI is InChI=1S/C26H27N3O3S/c30-26(21-8-3-1-4-9-21)29-15-7-10-22-20-24(13-14-25(22)29)33(31,32)28-18-16-27(17-19-28)23-11-5-2-6-12-23/h1-6,8-9,11-14,20H,7,10,15-19H2. The van der Waals surface area contributed by atoms with Crippen molar-refractivity contribution in [1.82, 2.24) is 4.31 Å². The minimum absolute atomic E-state index is 0.0517. The van der Waals surface area contributed by atoms with Crippen LogP contribution in [0.5, 0.6) is 0 Å². The van der Waals surface area contributed by atoms with Crippen LogP contribution in [0.1, 0.15) is 22.3 Å². The van der Waals surface area contributed by atoms with Gasteiger partial charge in [0.15, 0.2) is 0 Å². The summed E-state index contributed by atoms with van der Waals surface area (Å²) in [6, 6.07) is 24.5. The lowest BCUT2D eigenvalue weighted by atomic mass is 10.0. The second kappa shape index (κ2) is 9.00. The molecule has 2 aliphatic heterocycles. The van der Waals surface area contributed by atoms with Gasteiger partial charge in [-0.05, 0) is 60.9 Å². The molecule has 5 rings (SSSR count). The van der Waals surface area contributed by atoms with Crippen molar-refractivity contribution < 1.29 is 13.2 Å². The molecule has 0 spiro atoms. The Morgan fingerprint density at radius 1 is 0.758 bits per heavy atom. The molecule has 0 N–H and O–H groups in total. The van der Waals surface area contributed by atoms with E-state index in [1.807, 2.05) is 48.5 Å². The molecule has 1 amide bonds. The summed E-state index contributed by atoms with van der Waals surface area (Å²) in [7, 11) is -3.59. The second-order valence-electron chi connectivity index (χ2n) is 8.44. The Balaban J connectivity index is 1.35. The quantitative estimate of drug-likeness (QED) is 0.593. The minimum Gasteiger partial charge on any atom is -0.369 e. The first kappa shape index (κ1) is 21.7. The maximum absolute atomic E-state index is 13.4. The van der Waals surface area contributed by atoms with Crippen LogP contribution in [0.3, 0.4) is 0 Å². The summed E-state index contributed by atoms with van der Waals surface area (Å²) in [4.78, 5) is 17.3. The number of benzene rings is 3. The molecule has 0 saturated carbocycles. The van der Waals surface area contributed by atoms with Crippen LogP contribution >= 0.6 is 0 Å². The van der Waals surface area contributed by atoms with Crippen molar-refractivity contribution in [1.29, 1.82) is 0 Å². The number of hydrogen-bond donors (Lipinski definition) is 0. The molecule has 3 aromatic carbocycles. The maximum Gasteiger partial charge on any atom is 0.258 e. The zero-order chi connectivity index (χ0) is 22.8. The number of rotatable bonds is 4. The monoisotopic (exact) mass is 461 g/mol. The van der Waals surface area contributed by atoms with E-state index in [0.29, 0.717) is 43.2 Å². The minimum atomic E-state index is -3.59. The molecule has 0 aromatic heterocycles. The van der Waals surface area contributed by atoms with E-state index in [9.17, 15) is 13.2 Å². The summed E-state index contributed by atoms with van der Waals surface area (Å²) >= 11 is 0. The number of amides is 1. The van der Waals surface area contributed by atoms with Gasteiger partial charge in [0.25, 0.3) is 5.91 Å². The van der Waals surface area contributed by atoms with Gasteiger partial charge < -0.3 is 9.80 Å². The van der Waals surface area contributed by atoms with Crippen LogP contribution in [0, 0.1) is 0 Å². The number of fused-ring (bicyclic) bond motifs is 1. The molecule has 1 saturated heterocycles. The van der Waals surface area contributed by atoms with Crippen molar-refractivity contribution in [2.24, 2.45) is 0 Å². The van der Waals surface area contributed by atoms with Crippen molar-refractivity contribution >= 4 is 27.3 Å². The van der Waals surface area contributed by atoms with Gasteiger partial charge >= 0.3 is 0 Å². The number of para-hydroxylation sites is 1. The van der Waals surface area contributed by atoms with Crippen LogP contribution in [0.2, 0.25) is 0 Å². The van der Waals surface area contributed by atoms with Crippen molar-refractivity contribution in [2.75, 3.05) is 42.5 Å². The summed E-state index contributed by atoms with van der Waals surface area (Å²) in [6.45, 7) is 2.86. The van der Waals surface area contributed by atoms with Gasteiger partial charge in [-0.15, -0.1) is 0 Å². The highest BCUT2D eigenvalue weighted by atomic mass is 32.2. The highest BCUT2D eigenvalue weighted by Gasteiger charge is 2.31. The molecule has 7 heteroatoms. The van der Waals surface area contributed by atoms with Crippen molar-refractivity contribution in [3.63, 3.8) is 0 Å². The van der Waals surface area contributed by atoms with E-state index in [1.165, 1.54) is 0 Å². The first-order valence-corrected chi connectivity index (χ1v) is 12.8. The summed E-state index contributed by atoms with van der Waals surface area (Å²) in [5.41, 5.74) is 3.47. The fourth-order valence-electron chi connectivity index (χ4n) is 4.66. The average Bonchev–Trinajstić information content (AvgIpc) is 2.88. The highest BCUT2D eigenvalue weighted by molar-refractivity contribution is 7.89. The largest absolute Gasteiger partial charge is 0.369 e. The zero-order valence-corrected chi connectivity index (χ0v) is 19.2. The molecule has 0 aliphatic carbocycles. The van der Waals surface area contributed by atoms with Crippen molar-refractivity contribution in [3.05, 3.63) is 90.0 Å². The number of nitrogens with zero attached hydrogens (tertiary/aromatic N) is 3. The van der Waals surface area contributed by atoms with Crippen LogP contribution in [0.4, 0.5) is 11.4 Å². The van der Waals surface area contributed by atoms with Gasteiger partial charge in [0.2, 0.25) is 10.0 Å². The second-order valence-corrected chi connectivity index (χ2v) is 10.4. The maximum atomic E-state index is 13.4. The third kappa shape index (κ3) is 4.26. The van der Waals surface area contributed by atoms with Gasteiger partial charge in [0, 0.05) is 49.7 Å². The highest BCUT2D eigenvalue weighted by Crippen LogP contribution is 2.32. The van der Waals surface area contributed by atoms with E-state index in [0.717, 1.165) is 29.8 Å². The van der Waals surface area contributed by atoms with Gasteiger partial charge in [-0.1, -0.05) is 36.4 Å². The predicted molar refractivity (Wildman–Crippen MR) is 130 cm³/mol. The molecule has 170 valence electrons. The number of carbonyl (C=O) groups excluding carboxylic acids is 1. The van der Waals surface area contributed by atoms with Crippen LogP contribution < -0.4 is 9.80 Å². The van der Waals surface area contributed by atoms with Gasteiger partial charge in [-0.2, -0.15) is 4.31 Å². The van der Waals surface area contributed by atoms with Gasteiger partial charge in [0.1, 0.15) is 0 Å². The molecule has 0 bridgehead atoms. The van der Waals surface area contributed by atoms with Gasteiger partial charge in [0.05, 0.1) is 4.90 Å². The molecule has 2 heterocycles. The lowest BCUT2D eigenvalue weighted by Gasteiger charge is -2.35. The van der Waals surface area contributed by atoms with E-state index >= 15 is 0 Å². The smallest absolute Gasteiger partial charge is 0.258 e. The Hall–Kier alpha value is -3.16. The van der Waals surface area contributed by atoms with Gasteiger partial charge in [-0.25, -0.2) is 8.42 Å². The van der Waals surface area contributed by atoms with Crippen LogP contribution in [-0.2, 0) is 16.4 Å². The summed E-state index contributed by atoms with van der Waals surface area (Å²) < 4.78 is 28.3. The Morgan fingerprint density at radius 2 is 1.42 bits per heavy atom. The van der Waals surface area contributed by atoms with Crippen molar-refractivity contribution in [2.45, 2.75) is 17.7 Å². The molecule has 0 radical (unpaired) electrons. The molecule has 3 aromatic rings. The summed E-state index contributed by atoms with van der Waals surface area (Å²) in [5.74, 6) is -0.0517.